The van der Waals surface area contributed by atoms with Crippen molar-refractivity contribution < 1.29 is 9.90 Å². The zero-order valence-electron chi connectivity index (χ0n) is 10.5. The molecular formula is C13H18N2O2S. The Kier molecular flexibility index (Phi) is 3.01. The number of thiazole rings is 1. The second kappa shape index (κ2) is 4.53. The van der Waals surface area contributed by atoms with E-state index in [0.29, 0.717) is 4.88 Å². The first-order valence-electron chi connectivity index (χ1n) is 6.53. The molecule has 3 unspecified atom stereocenters. The lowest BCUT2D eigenvalue weighted by molar-refractivity contribution is 0.0702. The van der Waals surface area contributed by atoms with E-state index >= 15 is 0 Å². The third kappa shape index (κ3) is 2.11. The molecule has 2 aliphatic carbocycles. The van der Waals surface area contributed by atoms with Gasteiger partial charge in [0.25, 0.3) is 0 Å². The molecule has 1 aromatic rings. The van der Waals surface area contributed by atoms with Gasteiger partial charge in [0, 0.05) is 13.6 Å². The third-order valence-electron chi connectivity index (χ3n) is 4.42. The van der Waals surface area contributed by atoms with Crippen molar-refractivity contribution in [3.8, 4) is 0 Å². The highest BCUT2D eigenvalue weighted by molar-refractivity contribution is 7.17. The molecule has 0 aromatic carbocycles. The molecule has 4 nitrogen and oxygen atoms in total. The smallest absolute Gasteiger partial charge is 0.347 e. The molecule has 3 atom stereocenters. The lowest BCUT2D eigenvalue weighted by atomic mass is 9.88. The molecule has 0 saturated heterocycles. The maximum Gasteiger partial charge on any atom is 0.347 e. The molecule has 2 aliphatic rings. The van der Waals surface area contributed by atoms with Crippen molar-refractivity contribution in [1.82, 2.24) is 4.98 Å². The van der Waals surface area contributed by atoms with Crippen LogP contribution in [-0.4, -0.2) is 29.7 Å². The Morgan fingerprint density at radius 3 is 2.94 bits per heavy atom. The zero-order valence-corrected chi connectivity index (χ0v) is 11.3. The summed E-state index contributed by atoms with van der Waals surface area (Å²) in [4.78, 5) is 17.5. The number of nitrogens with zero attached hydrogens (tertiary/aromatic N) is 2. The molecule has 0 spiro atoms. The number of hydrogen-bond donors (Lipinski definition) is 1. The van der Waals surface area contributed by atoms with Crippen molar-refractivity contribution in [2.75, 3.05) is 18.5 Å². The fourth-order valence-corrected chi connectivity index (χ4v) is 4.30. The number of carbonyl (C=O) groups is 1. The number of anilines is 1. The second-order valence-corrected chi connectivity index (χ2v) is 6.64. The SMILES string of the molecule is CN(CC1CC2CCC1C2)c1ncc(C(=O)O)s1. The van der Waals surface area contributed by atoms with Crippen LogP contribution in [0.1, 0.15) is 35.4 Å². The number of aromatic carboxylic acids is 1. The average molecular weight is 266 g/mol. The molecule has 5 heteroatoms. The number of carboxylic acid groups (broad SMARTS) is 1. The minimum Gasteiger partial charge on any atom is -0.477 e. The Bertz CT molecular complexity index is 460. The van der Waals surface area contributed by atoms with Crippen LogP contribution in [0, 0.1) is 17.8 Å². The molecule has 0 aliphatic heterocycles. The van der Waals surface area contributed by atoms with Crippen LogP contribution in [-0.2, 0) is 0 Å². The molecule has 1 aromatic heterocycles. The van der Waals surface area contributed by atoms with Crippen LogP contribution >= 0.6 is 11.3 Å². The average Bonchev–Trinajstić information content (AvgIpc) is 3.04. The first-order valence-corrected chi connectivity index (χ1v) is 7.35. The summed E-state index contributed by atoms with van der Waals surface area (Å²) in [5, 5.41) is 9.73. The van der Waals surface area contributed by atoms with Crippen molar-refractivity contribution in [3.05, 3.63) is 11.1 Å². The highest BCUT2D eigenvalue weighted by Gasteiger charge is 2.39. The Morgan fingerprint density at radius 1 is 1.56 bits per heavy atom. The highest BCUT2D eigenvalue weighted by Crippen LogP contribution is 2.48. The predicted octanol–water partition coefficient (Wildman–Crippen LogP) is 2.71. The Balaban J connectivity index is 1.63. The van der Waals surface area contributed by atoms with E-state index in [1.807, 2.05) is 7.05 Å². The maximum atomic E-state index is 10.8. The van der Waals surface area contributed by atoms with Gasteiger partial charge in [-0.15, -0.1) is 0 Å². The van der Waals surface area contributed by atoms with Gasteiger partial charge in [-0.3, -0.25) is 0 Å². The van der Waals surface area contributed by atoms with Gasteiger partial charge in [0.15, 0.2) is 5.13 Å². The van der Waals surface area contributed by atoms with Crippen molar-refractivity contribution in [2.45, 2.75) is 25.7 Å². The fourth-order valence-electron chi connectivity index (χ4n) is 3.57. The summed E-state index contributed by atoms with van der Waals surface area (Å²) < 4.78 is 0. The van der Waals surface area contributed by atoms with Crippen molar-refractivity contribution in [3.63, 3.8) is 0 Å². The third-order valence-corrected chi connectivity index (χ3v) is 5.52. The van der Waals surface area contributed by atoms with E-state index in [-0.39, 0.29) is 0 Å². The summed E-state index contributed by atoms with van der Waals surface area (Å²) in [6.45, 7) is 1.02. The van der Waals surface area contributed by atoms with Gasteiger partial charge in [-0.1, -0.05) is 17.8 Å². The predicted molar refractivity (Wildman–Crippen MR) is 71.3 cm³/mol. The molecule has 1 N–H and O–H groups in total. The van der Waals surface area contributed by atoms with Crippen molar-refractivity contribution in [2.24, 2.45) is 17.8 Å². The molecule has 18 heavy (non-hydrogen) atoms. The summed E-state index contributed by atoms with van der Waals surface area (Å²) in [5.41, 5.74) is 0. The van der Waals surface area contributed by atoms with Gasteiger partial charge in [0.1, 0.15) is 4.88 Å². The van der Waals surface area contributed by atoms with E-state index in [0.717, 1.165) is 29.4 Å². The normalized spacial score (nSPS) is 29.7. The van der Waals surface area contributed by atoms with Crippen LogP contribution < -0.4 is 4.90 Å². The zero-order chi connectivity index (χ0) is 12.7. The molecule has 2 saturated carbocycles. The molecule has 3 rings (SSSR count). The van der Waals surface area contributed by atoms with Gasteiger partial charge in [0.2, 0.25) is 0 Å². The Hall–Kier alpha value is -1.10. The maximum absolute atomic E-state index is 10.8. The number of rotatable bonds is 4. The minimum absolute atomic E-state index is 0.324. The largest absolute Gasteiger partial charge is 0.477 e. The molecule has 0 amide bonds. The topological polar surface area (TPSA) is 53.4 Å². The lowest BCUT2D eigenvalue weighted by Crippen LogP contribution is -2.28. The van der Waals surface area contributed by atoms with Gasteiger partial charge < -0.3 is 10.0 Å². The van der Waals surface area contributed by atoms with Gasteiger partial charge in [-0.2, -0.15) is 0 Å². The van der Waals surface area contributed by atoms with Crippen molar-refractivity contribution in [1.29, 1.82) is 0 Å². The lowest BCUT2D eigenvalue weighted by Gasteiger charge is -2.26. The minimum atomic E-state index is -0.882. The van der Waals surface area contributed by atoms with Crippen LogP contribution in [0.2, 0.25) is 0 Å². The second-order valence-electron chi connectivity index (χ2n) is 5.63. The molecule has 0 radical (unpaired) electrons. The standard InChI is InChI=1S/C13H18N2O2S/c1-15(13-14-6-11(18-13)12(16)17)7-10-5-8-2-3-9(10)4-8/h6,8-10H,2-5,7H2,1H3,(H,16,17). The Labute approximate surface area is 111 Å². The van der Waals surface area contributed by atoms with Crippen LogP contribution in [0.15, 0.2) is 6.20 Å². The number of fused-ring (bicyclic) bond motifs is 2. The van der Waals surface area contributed by atoms with E-state index in [1.54, 1.807) is 0 Å². The molecule has 2 bridgehead atoms. The van der Waals surface area contributed by atoms with E-state index in [1.165, 1.54) is 43.2 Å². The van der Waals surface area contributed by atoms with E-state index < -0.39 is 5.97 Å². The molecule has 2 fully saturated rings. The molecular weight excluding hydrogens is 248 g/mol. The highest BCUT2D eigenvalue weighted by atomic mass is 32.1. The molecule has 1 heterocycles. The summed E-state index contributed by atoms with van der Waals surface area (Å²) in [5.74, 6) is 1.76. The number of aromatic nitrogens is 1. The summed E-state index contributed by atoms with van der Waals surface area (Å²) in [7, 11) is 2.02. The summed E-state index contributed by atoms with van der Waals surface area (Å²) in [6, 6.07) is 0. The van der Waals surface area contributed by atoms with Crippen LogP contribution in [0.4, 0.5) is 5.13 Å². The van der Waals surface area contributed by atoms with E-state index in [2.05, 4.69) is 9.88 Å². The first-order chi connectivity index (χ1) is 8.63. The quantitative estimate of drug-likeness (QED) is 0.910. The fraction of sp³-hybridized carbons (Fsp3) is 0.692. The van der Waals surface area contributed by atoms with Gasteiger partial charge >= 0.3 is 5.97 Å². The number of hydrogen-bond acceptors (Lipinski definition) is 4. The summed E-state index contributed by atoms with van der Waals surface area (Å²) in [6.07, 6.45) is 7.04. The van der Waals surface area contributed by atoms with E-state index in [4.69, 9.17) is 5.11 Å². The van der Waals surface area contributed by atoms with Crippen LogP contribution in [0.3, 0.4) is 0 Å². The Morgan fingerprint density at radius 2 is 2.39 bits per heavy atom. The van der Waals surface area contributed by atoms with Gasteiger partial charge in [-0.05, 0) is 37.0 Å². The van der Waals surface area contributed by atoms with Crippen LogP contribution in [0.5, 0.6) is 0 Å². The number of carboxylic acids is 1. The van der Waals surface area contributed by atoms with Gasteiger partial charge in [0.05, 0.1) is 6.20 Å². The van der Waals surface area contributed by atoms with Gasteiger partial charge in [-0.25, -0.2) is 9.78 Å². The van der Waals surface area contributed by atoms with Crippen LogP contribution in [0.25, 0.3) is 0 Å². The molecule has 98 valence electrons. The van der Waals surface area contributed by atoms with Crippen molar-refractivity contribution >= 4 is 22.4 Å². The first kappa shape index (κ1) is 12.0. The van der Waals surface area contributed by atoms with E-state index in [9.17, 15) is 4.79 Å². The summed E-state index contributed by atoms with van der Waals surface area (Å²) >= 11 is 1.27. The monoisotopic (exact) mass is 266 g/mol.